The van der Waals surface area contributed by atoms with Gasteiger partial charge in [0.15, 0.2) is 0 Å². The van der Waals surface area contributed by atoms with Gasteiger partial charge in [0, 0.05) is 47.3 Å². The topological polar surface area (TPSA) is 331 Å². The highest BCUT2D eigenvalue weighted by Crippen LogP contribution is 2.41. The Morgan fingerprint density at radius 2 is 0.904 bits per heavy atom. The van der Waals surface area contributed by atoms with Crippen LogP contribution in [0.15, 0.2) is 62.4 Å². The number of alkyl carbamates (subject to hydrolysis) is 2. The Morgan fingerprint density at radius 1 is 0.532 bits per heavy atom. The first-order chi connectivity index (χ1) is 43.1. The van der Waals surface area contributed by atoms with Crippen LogP contribution in [0.25, 0.3) is 10.4 Å². The third-order valence-corrected chi connectivity index (χ3v) is 18.8. The Balaban J connectivity index is 0.000000330. The lowest BCUT2D eigenvalue weighted by atomic mass is 9.99. The number of hydrogen-bond donors (Lipinski definition) is 6. The van der Waals surface area contributed by atoms with Crippen LogP contribution in [0, 0.1) is 6.92 Å². The molecule has 2 aliphatic rings. The summed E-state index contributed by atoms with van der Waals surface area (Å²) in [7, 11) is -7.74. The first-order valence-electron chi connectivity index (χ1n) is 30.9. The Labute approximate surface area is 571 Å². The predicted molar refractivity (Wildman–Crippen MR) is 366 cm³/mol. The molecule has 0 aliphatic carbocycles. The number of nitrogens with zero attached hydrogens (tertiary/aromatic N) is 4. The number of rotatable bonds is 15. The number of sulfonamides is 2. The normalized spacial score (nSPS) is 17.2. The van der Waals surface area contributed by atoms with E-state index in [2.05, 4.69) is 56.6 Å². The van der Waals surface area contributed by atoms with Crippen molar-refractivity contribution >= 4 is 107 Å². The van der Waals surface area contributed by atoms with Gasteiger partial charge in [-0.25, -0.2) is 65.0 Å². The minimum atomic E-state index is -4.07. The van der Waals surface area contributed by atoms with Gasteiger partial charge in [-0.1, -0.05) is 12.1 Å². The lowest BCUT2D eigenvalue weighted by Gasteiger charge is -2.39. The monoisotopic (exact) mass is 1460 g/mol. The van der Waals surface area contributed by atoms with E-state index in [9.17, 15) is 45.6 Å². The average molecular weight is 1460 g/mol. The molecule has 526 valence electrons. The summed E-state index contributed by atoms with van der Waals surface area (Å²) in [6.07, 6.45) is 1.32. The molecule has 2 aliphatic heterocycles. The number of thiazole rings is 2. The van der Waals surface area contributed by atoms with Crippen molar-refractivity contribution in [3.05, 3.63) is 68.2 Å². The van der Waals surface area contributed by atoms with Crippen LogP contribution >= 0.6 is 38.6 Å². The van der Waals surface area contributed by atoms with Crippen molar-refractivity contribution in [1.29, 1.82) is 0 Å². The van der Waals surface area contributed by atoms with Crippen molar-refractivity contribution in [3.63, 3.8) is 0 Å². The molecule has 6 N–H and O–H groups in total. The van der Waals surface area contributed by atoms with Crippen molar-refractivity contribution in [1.82, 2.24) is 39.8 Å². The molecule has 4 aromatic rings. The average Bonchev–Trinajstić information content (AvgIpc) is 1.41. The van der Waals surface area contributed by atoms with Crippen molar-refractivity contribution in [2.45, 2.75) is 252 Å². The second kappa shape index (κ2) is 33.5. The molecule has 0 spiro atoms. The number of anilines is 2. The summed E-state index contributed by atoms with van der Waals surface area (Å²) in [4.78, 5) is 87.1. The minimum absolute atomic E-state index is 0.0551. The zero-order valence-corrected chi connectivity index (χ0v) is 62.7. The molecule has 31 heteroatoms. The maximum atomic E-state index is 13.6. The van der Waals surface area contributed by atoms with Gasteiger partial charge in [-0.15, -0.1) is 22.7 Å². The van der Waals surface area contributed by atoms with Gasteiger partial charge in [0.1, 0.15) is 21.2 Å². The van der Waals surface area contributed by atoms with Gasteiger partial charge in [0.2, 0.25) is 20.0 Å². The fraction of sp³-hybridized carbons (Fsp3) is 0.619. The number of ether oxygens (including phenoxy) is 6. The number of halogens is 1. The van der Waals surface area contributed by atoms with Crippen LogP contribution in [0.2, 0.25) is 0 Å². The zero-order valence-electron chi connectivity index (χ0n) is 57.8. The predicted octanol–water partition coefficient (Wildman–Crippen LogP) is 13.9. The SMILES string of the molecule is CC(C)OC(=O)N[C@@H]1CCC(c2ncc(Br)s2)N(C(=O)OC(C)(C)C)C1.CC(C)OC(=O)Nc1ccc(-c2cnc(C3CC[C@@H](NC(=O)OC(C)C)CN3C(=O)OC(C)(C)C)s2)c(S(=O)(=O)NC(C)(C)C)c1.Cc1ccc(NC(=O)OC(C)C)cc1S(=O)(=O)NC(C)(C)C. The van der Waals surface area contributed by atoms with Crippen LogP contribution in [0.5, 0.6) is 0 Å². The lowest BCUT2D eigenvalue weighted by molar-refractivity contribution is 0.00426. The van der Waals surface area contributed by atoms with Gasteiger partial charge < -0.3 is 39.1 Å². The fourth-order valence-electron chi connectivity index (χ4n) is 9.18. The number of likely N-dealkylation sites (tertiary alicyclic amines) is 2. The second-order valence-electron chi connectivity index (χ2n) is 27.7. The van der Waals surface area contributed by atoms with Crippen LogP contribution in [0.3, 0.4) is 0 Å². The molecule has 94 heavy (non-hydrogen) atoms. The Hall–Kier alpha value is -6.38. The van der Waals surface area contributed by atoms with Crippen molar-refractivity contribution < 1.29 is 74.0 Å². The number of piperidine rings is 2. The van der Waals surface area contributed by atoms with Crippen LogP contribution in [-0.2, 0) is 48.5 Å². The van der Waals surface area contributed by atoms with Gasteiger partial charge in [0.05, 0.1) is 73.2 Å². The highest BCUT2D eigenvalue weighted by Gasteiger charge is 2.40. The molecular formula is C63H97BrN10O16S4. The van der Waals surface area contributed by atoms with Gasteiger partial charge >= 0.3 is 36.6 Å². The van der Waals surface area contributed by atoms with Crippen LogP contribution in [-0.4, -0.2) is 145 Å². The van der Waals surface area contributed by atoms with E-state index in [0.717, 1.165) is 15.2 Å². The van der Waals surface area contributed by atoms with Crippen LogP contribution in [0.1, 0.15) is 192 Å². The van der Waals surface area contributed by atoms with Gasteiger partial charge in [-0.2, -0.15) is 0 Å². The number of carbonyl (C=O) groups excluding carboxylic acids is 6. The van der Waals surface area contributed by atoms with E-state index < -0.39 is 84.9 Å². The molecule has 26 nitrogen and oxygen atoms in total. The minimum Gasteiger partial charge on any atom is -0.447 e. The third kappa shape index (κ3) is 27.4. The lowest BCUT2D eigenvalue weighted by Crippen LogP contribution is -2.52. The molecule has 0 bridgehead atoms. The summed E-state index contributed by atoms with van der Waals surface area (Å²) >= 11 is 6.18. The second-order valence-corrected chi connectivity index (χ2v) is 34.5. The Bertz CT molecular complexity index is 3480. The number of aryl methyl sites for hydroxylation is 1. The molecule has 2 aromatic heterocycles. The van der Waals surface area contributed by atoms with E-state index in [4.69, 9.17) is 28.4 Å². The summed E-state index contributed by atoms with van der Waals surface area (Å²) in [5, 5.41) is 12.2. The van der Waals surface area contributed by atoms with Gasteiger partial charge in [0.25, 0.3) is 0 Å². The molecule has 2 aromatic carbocycles. The first kappa shape index (κ1) is 80.1. The van der Waals surface area contributed by atoms with E-state index >= 15 is 0 Å². The number of hydrogen-bond acceptors (Lipinski definition) is 20. The zero-order chi connectivity index (χ0) is 71.2. The summed E-state index contributed by atoms with van der Waals surface area (Å²) < 4.78 is 90.1. The summed E-state index contributed by atoms with van der Waals surface area (Å²) in [5.74, 6) is 0. The van der Waals surface area contributed by atoms with Crippen LogP contribution < -0.4 is 30.7 Å². The first-order valence-corrected chi connectivity index (χ1v) is 36.3. The highest BCUT2D eigenvalue weighted by molar-refractivity contribution is 9.11. The largest absolute Gasteiger partial charge is 0.447 e. The van der Waals surface area contributed by atoms with E-state index in [1.54, 1.807) is 171 Å². The third-order valence-electron chi connectivity index (χ3n) is 12.4. The molecular weight excluding hydrogens is 1360 g/mol. The van der Waals surface area contributed by atoms with Crippen molar-refractivity contribution in [2.75, 3.05) is 23.7 Å². The number of amides is 6. The fourth-order valence-corrected chi connectivity index (χ4v) is 15.1. The molecule has 0 radical (unpaired) electrons. The van der Waals surface area contributed by atoms with E-state index in [0.29, 0.717) is 52.5 Å². The van der Waals surface area contributed by atoms with Gasteiger partial charge in [-0.3, -0.25) is 20.4 Å². The summed E-state index contributed by atoms with van der Waals surface area (Å²) in [5.41, 5.74) is -1.15. The number of carbonyl (C=O) groups is 6. The highest BCUT2D eigenvalue weighted by atomic mass is 79.9. The molecule has 0 saturated carbocycles. The number of nitrogens with one attached hydrogen (secondary N) is 6. The Morgan fingerprint density at radius 3 is 1.29 bits per heavy atom. The van der Waals surface area contributed by atoms with Gasteiger partial charge in [-0.05, 0) is 217 Å². The summed E-state index contributed by atoms with van der Waals surface area (Å²) in [6, 6.07) is 8.07. The molecule has 2 fully saturated rings. The summed E-state index contributed by atoms with van der Waals surface area (Å²) in [6.45, 7) is 37.5. The maximum absolute atomic E-state index is 13.6. The van der Waals surface area contributed by atoms with E-state index in [-0.39, 0.29) is 64.6 Å². The molecule has 6 amide bonds. The van der Waals surface area contributed by atoms with Crippen molar-refractivity contribution in [3.8, 4) is 10.4 Å². The smallest absolute Gasteiger partial charge is 0.411 e. The molecule has 2 saturated heterocycles. The standard InChI is InChI=1S/C31H47N5O8S2.C17H26BrN3O4S.C15H24N2O4S/c1-18(2)42-27(37)33-20-11-13-22(25(15-20)46(40,41)35-30(5,6)7)24-16-32-26(45-24)23-14-12-21(34-28(38)43-19(3)4)17-36(23)29(39)44-31(8,9)10;1-10(2)24-15(22)20-11-6-7-12(14-19-8-13(18)26-14)21(9-11)16(23)25-17(3,4)5;1-10(2)21-14(18)16-12-8-7-11(3)13(9-12)22(19,20)17-15(4,5)6/h11,13,15-16,18-19,21,23,35H,12,14,17H2,1-10H3,(H,33,37)(H,34,38);8,10-12H,6-7,9H2,1-5H3,(H,20,22);7-10,17H,1-6H3,(H,16,18)/t21-,23?;11-,12?;/m11./s1. The molecule has 2 unspecified atom stereocenters. The molecule has 4 atom stereocenters. The Kier molecular flexibility index (Phi) is 28.6. The van der Waals surface area contributed by atoms with Crippen LogP contribution in [0.4, 0.5) is 40.1 Å². The van der Waals surface area contributed by atoms with Crippen molar-refractivity contribution in [2.24, 2.45) is 0 Å². The number of aromatic nitrogens is 2. The number of benzene rings is 2. The maximum Gasteiger partial charge on any atom is 0.411 e. The molecule has 4 heterocycles. The quantitative estimate of drug-likeness (QED) is 0.0602. The van der Waals surface area contributed by atoms with E-state index in [1.807, 2.05) is 20.8 Å². The van der Waals surface area contributed by atoms with E-state index in [1.165, 1.54) is 34.8 Å². The molecule has 6 rings (SSSR count).